The average molecular weight is 392 g/mol. The Morgan fingerprint density at radius 3 is 2.83 bits per heavy atom. The molecule has 9 heteroatoms. The number of benzene rings is 1. The molecule has 0 aliphatic heterocycles. The summed E-state index contributed by atoms with van der Waals surface area (Å²) in [6, 6.07) is 9.14. The van der Waals surface area contributed by atoms with E-state index in [0.29, 0.717) is 29.4 Å². The maximum Gasteiger partial charge on any atom is 0.273 e. The molecule has 0 radical (unpaired) electrons. The third kappa shape index (κ3) is 3.88. The molecule has 2 aromatic heterocycles. The maximum atomic E-state index is 12.0. The first-order valence-electron chi connectivity index (χ1n) is 9.17. The Morgan fingerprint density at radius 2 is 2.14 bits per heavy atom. The number of hydrogen-bond donors (Lipinski definition) is 4. The van der Waals surface area contributed by atoms with E-state index in [4.69, 9.17) is 4.98 Å². The molecule has 0 atom stereocenters. The number of aromatic nitrogens is 3. The van der Waals surface area contributed by atoms with E-state index >= 15 is 0 Å². The first-order valence-corrected chi connectivity index (χ1v) is 9.17. The van der Waals surface area contributed by atoms with Gasteiger partial charge in [-0.15, -0.1) is 0 Å². The number of nitrogens with one attached hydrogen (secondary N) is 3. The fourth-order valence-electron chi connectivity index (χ4n) is 2.97. The molecule has 9 nitrogen and oxygen atoms in total. The summed E-state index contributed by atoms with van der Waals surface area (Å²) < 4.78 is 1.68. The first-order chi connectivity index (χ1) is 14.1. The number of amides is 2. The van der Waals surface area contributed by atoms with E-state index in [1.807, 2.05) is 12.1 Å². The van der Waals surface area contributed by atoms with Gasteiger partial charge in [0, 0.05) is 30.3 Å². The summed E-state index contributed by atoms with van der Waals surface area (Å²) in [6.07, 6.45) is 5.71. The monoisotopic (exact) mass is 392 g/mol. The molecule has 4 rings (SSSR count). The third-order valence-corrected chi connectivity index (χ3v) is 4.57. The number of phenolic OH excluding ortho intramolecular Hbond substituents is 1. The van der Waals surface area contributed by atoms with Crippen LogP contribution in [0, 0.1) is 0 Å². The molecule has 148 valence electrons. The summed E-state index contributed by atoms with van der Waals surface area (Å²) in [7, 11) is 1.59. The molecule has 4 N–H and O–H groups in total. The Hall–Kier alpha value is -3.88. The molecule has 1 fully saturated rings. The zero-order valence-corrected chi connectivity index (χ0v) is 15.7. The highest BCUT2D eigenvalue weighted by Crippen LogP contribution is 2.30. The number of rotatable bonds is 7. The predicted molar refractivity (Wildman–Crippen MR) is 108 cm³/mol. The number of hydrogen-bond acceptors (Lipinski definition) is 7. The minimum absolute atomic E-state index is 0.150. The lowest BCUT2D eigenvalue weighted by Crippen LogP contribution is -2.28. The summed E-state index contributed by atoms with van der Waals surface area (Å²) in [5, 5.41) is 22.6. The molecule has 1 aliphatic rings. The predicted octanol–water partition coefficient (Wildman–Crippen LogP) is 1.51. The molecule has 0 bridgehead atoms. The summed E-state index contributed by atoms with van der Waals surface area (Å²) >= 11 is 0. The third-order valence-electron chi connectivity index (χ3n) is 4.57. The van der Waals surface area contributed by atoms with Gasteiger partial charge in [0.1, 0.15) is 17.3 Å². The molecule has 1 aliphatic carbocycles. The van der Waals surface area contributed by atoms with Crippen molar-refractivity contribution in [1.29, 1.82) is 0 Å². The number of carbonyl (C=O) groups excluding carboxylic acids is 2. The Morgan fingerprint density at radius 1 is 1.31 bits per heavy atom. The molecule has 29 heavy (non-hydrogen) atoms. The van der Waals surface area contributed by atoms with Gasteiger partial charge in [0.2, 0.25) is 6.41 Å². The van der Waals surface area contributed by atoms with Crippen molar-refractivity contribution in [3.05, 3.63) is 47.8 Å². The van der Waals surface area contributed by atoms with Gasteiger partial charge >= 0.3 is 0 Å². The molecule has 2 heterocycles. The van der Waals surface area contributed by atoms with E-state index in [9.17, 15) is 14.7 Å². The molecule has 2 amide bonds. The summed E-state index contributed by atoms with van der Waals surface area (Å²) in [4.78, 5) is 27.3. The van der Waals surface area contributed by atoms with Crippen LogP contribution in [0.3, 0.4) is 0 Å². The van der Waals surface area contributed by atoms with Crippen molar-refractivity contribution in [2.75, 3.05) is 12.4 Å². The highest BCUT2D eigenvalue weighted by molar-refractivity contribution is 6.02. The zero-order chi connectivity index (χ0) is 20.4. The molecular weight excluding hydrogens is 372 g/mol. The molecule has 0 spiro atoms. The SMILES string of the molecule is CN/C(=C\c1cnn2c(NC3CC3)cc(-c3cccc(O)c3)nc12)C(=O)NC=O. The van der Waals surface area contributed by atoms with Crippen molar-refractivity contribution >= 4 is 29.9 Å². The fourth-order valence-corrected chi connectivity index (χ4v) is 2.97. The quantitative estimate of drug-likeness (QED) is 0.355. The standard InChI is InChI=1S/C20H20N6O3/c1-21-17(20(29)22-11-27)8-13-10-23-26-18(24-14-5-6-14)9-16(25-19(13)26)12-3-2-4-15(28)7-12/h2-4,7-11,14,21,24,28H,5-6H2,1H3,(H,22,27,29)/b17-8-. The molecule has 3 aromatic rings. The van der Waals surface area contributed by atoms with Crippen molar-refractivity contribution in [3.8, 4) is 17.0 Å². The number of imide groups is 1. The van der Waals surface area contributed by atoms with Crippen molar-refractivity contribution < 1.29 is 14.7 Å². The fraction of sp³-hybridized carbons (Fsp3) is 0.200. The van der Waals surface area contributed by atoms with Crippen LogP contribution in [-0.2, 0) is 9.59 Å². The lowest BCUT2D eigenvalue weighted by atomic mass is 10.1. The van der Waals surface area contributed by atoms with Crippen LogP contribution >= 0.6 is 0 Å². The summed E-state index contributed by atoms with van der Waals surface area (Å²) in [5.41, 5.74) is 2.77. The number of fused-ring (bicyclic) bond motifs is 1. The molecule has 0 unspecified atom stereocenters. The van der Waals surface area contributed by atoms with Gasteiger partial charge in [-0.1, -0.05) is 12.1 Å². The normalized spacial score (nSPS) is 13.9. The van der Waals surface area contributed by atoms with Crippen molar-refractivity contribution in [3.63, 3.8) is 0 Å². The van der Waals surface area contributed by atoms with Crippen LogP contribution in [0.1, 0.15) is 18.4 Å². The van der Waals surface area contributed by atoms with Gasteiger partial charge in [-0.3, -0.25) is 14.9 Å². The van der Waals surface area contributed by atoms with E-state index in [2.05, 4.69) is 21.0 Å². The van der Waals surface area contributed by atoms with E-state index in [0.717, 1.165) is 24.2 Å². The van der Waals surface area contributed by atoms with E-state index in [1.165, 1.54) is 0 Å². The Balaban J connectivity index is 1.85. The van der Waals surface area contributed by atoms with Crippen LogP contribution in [0.4, 0.5) is 5.82 Å². The zero-order valence-electron chi connectivity index (χ0n) is 15.7. The molecular formula is C20H20N6O3. The van der Waals surface area contributed by atoms with Crippen LogP contribution in [-0.4, -0.2) is 45.1 Å². The largest absolute Gasteiger partial charge is 0.508 e. The number of nitrogens with zero attached hydrogens (tertiary/aromatic N) is 3. The van der Waals surface area contributed by atoms with Crippen LogP contribution in [0.25, 0.3) is 23.0 Å². The van der Waals surface area contributed by atoms with Gasteiger partial charge in [0.15, 0.2) is 5.65 Å². The number of phenols is 1. The van der Waals surface area contributed by atoms with Gasteiger partial charge in [0.05, 0.1) is 11.9 Å². The Kier molecular flexibility index (Phi) is 4.86. The molecule has 1 saturated carbocycles. The van der Waals surface area contributed by atoms with Crippen LogP contribution in [0.2, 0.25) is 0 Å². The van der Waals surface area contributed by atoms with E-state index in [-0.39, 0.29) is 11.4 Å². The minimum Gasteiger partial charge on any atom is -0.508 e. The van der Waals surface area contributed by atoms with Crippen LogP contribution in [0.5, 0.6) is 5.75 Å². The average Bonchev–Trinajstić information content (AvgIpc) is 3.44. The van der Waals surface area contributed by atoms with E-state index < -0.39 is 5.91 Å². The first kappa shape index (κ1) is 18.5. The van der Waals surface area contributed by atoms with Gasteiger partial charge in [-0.05, 0) is 31.1 Å². The number of carbonyl (C=O) groups is 2. The van der Waals surface area contributed by atoms with Crippen molar-refractivity contribution in [2.24, 2.45) is 0 Å². The Labute approximate surface area is 166 Å². The van der Waals surface area contributed by atoms with Crippen molar-refractivity contribution in [2.45, 2.75) is 18.9 Å². The number of anilines is 1. The summed E-state index contributed by atoms with van der Waals surface area (Å²) in [6.45, 7) is 0. The topological polar surface area (TPSA) is 121 Å². The maximum absolute atomic E-state index is 12.0. The lowest BCUT2D eigenvalue weighted by molar-refractivity contribution is -0.122. The highest BCUT2D eigenvalue weighted by Gasteiger charge is 2.23. The lowest BCUT2D eigenvalue weighted by Gasteiger charge is -2.11. The van der Waals surface area contributed by atoms with Crippen LogP contribution in [0.15, 0.2) is 42.2 Å². The second-order valence-corrected chi connectivity index (χ2v) is 6.73. The van der Waals surface area contributed by atoms with Gasteiger partial charge in [-0.25, -0.2) is 4.98 Å². The van der Waals surface area contributed by atoms with Gasteiger partial charge in [0.25, 0.3) is 5.91 Å². The Bertz CT molecular complexity index is 1120. The number of likely N-dealkylation sites (N-methyl/N-ethyl adjacent to an activating group) is 1. The smallest absolute Gasteiger partial charge is 0.273 e. The van der Waals surface area contributed by atoms with Gasteiger partial charge < -0.3 is 15.7 Å². The van der Waals surface area contributed by atoms with Gasteiger partial charge in [-0.2, -0.15) is 9.61 Å². The number of aromatic hydroxyl groups is 1. The minimum atomic E-state index is -0.553. The molecule has 1 aromatic carbocycles. The van der Waals surface area contributed by atoms with E-state index in [1.54, 1.807) is 42.0 Å². The second kappa shape index (κ2) is 7.63. The van der Waals surface area contributed by atoms with Crippen molar-refractivity contribution in [1.82, 2.24) is 25.2 Å². The van der Waals surface area contributed by atoms with Crippen LogP contribution < -0.4 is 16.0 Å². The summed E-state index contributed by atoms with van der Waals surface area (Å²) in [5.74, 6) is 0.374. The molecule has 0 saturated heterocycles. The second-order valence-electron chi connectivity index (χ2n) is 6.73. The highest BCUT2D eigenvalue weighted by atomic mass is 16.3.